The maximum absolute atomic E-state index is 13.3. The monoisotopic (exact) mass is 567 g/mol. The van der Waals surface area contributed by atoms with Crippen molar-refractivity contribution in [1.29, 1.82) is 16.1 Å². The van der Waals surface area contributed by atoms with Crippen molar-refractivity contribution >= 4 is 54.6 Å². The highest BCUT2D eigenvalue weighted by atomic mass is 32.2. The molecule has 3 N–H and O–H groups in total. The Morgan fingerprint density at radius 2 is 2.00 bits per heavy atom. The van der Waals surface area contributed by atoms with Gasteiger partial charge in [-0.05, 0) is 43.7 Å². The van der Waals surface area contributed by atoms with Crippen molar-refractivity contribution in [1.82, 2.24) is 24.3 Å². The number of aromatic nitrogens is 2. The minimum Gasteiger partial charge on any atom is -0.367 e. The van der Waals surface area contributed by atoms with Gasteiger partial charge < -0.3 is 14.7 Å². The molecule has 1 unspecified atom stereocenters. The molecule has 0 spiro atoms. The molecular weight excluding hydrogens is 540 g/mol. The summed E-state index contributed by atoms with van der Waals surface area (Å²) < 4.78 is 55.9. The number of amides is 2. The molecule has 2 amide bonds. The predicted molar refractivity (Wildman–Crippen MR) is 140 cm³/mol. The average molecular weight is 568 g/mol. The Labute approximate surface area is 222 Å². The number of carbonyl (C=O) groups excluding carboxylic acids is 1. The van der Waals surface area contributed by atoms with E-state index in [2.05, 4.69) is 9.82 Å². The van der Waals surface area contributed by atoms with Crippen molar-refractivity contribution in [2.45, 2.75) is 42.7 Å². The van der Waals surface area contributed by atoms with E-state index in [1.165, 1.54) is 23.2 Å². The number of urea groups is 1. The molecule has 1 aliphatic carbocycles. The molecule has 204 valence electrons. The van der Waals surface area contributed by atoms with E-state index in [-0.39, 0.29) is 34.2 Å². The molecule has 1 saturated carbocycles. The van der Waals surface area contributed by atoms with E-state index in [0.717, 1.165) is 4.68 Å². The summed E-state index contributed by atoms with van der Waals surface area (Å²) in [5.74, 6) is 0. The summed E-state index contributed by atoms with van der Waals surface area (Å²) in [7, 11) is -0.853. The molecule has 1 aliphatic heterocycles. The summed E-state index contributed by atoms with van der Waals surface area (Å²) >= 11 is 0.212. The highest BCUT2D eigenvalue weighted by Gasteiger charge is 2.47. The Morgan fingerprint density at radius 1 is 1.32 bits per heavy atom. The quantitative estimate of drug-likeness (QED) is 0.369. The second-order valence-electron chi connectivity index (χ2n) is 9.47. The first-order chi connectivity index (χ1) is 17.8. The van der Waals surface area contributed by atoms with Crippen LogP contribution in [0.15, 0.2) is 23.2 Å². The van der Waals surface area contributed by atoms with E-state index in [1.54, 1.807) is 19.0 Å². The molecule has 38 heavy (non-hydrogen) atoms. The van der Waals surface area contributed by atoms with Crippen LogP contribution in [-0.4, -0.2) is 96.0 Å². The molecule has 2 fully saturated rings. The van der Waals surface area contributed by atoms with Gasteiger partial charge in [-0.1, -0.05) is 0 Å². The lowest BCUT2D eigenvalue weighted by molar-refractivity contribution is 0.147. The fraction of sp³-hybridized carbons (Fsp3) is 0.500. The molecule has 0 bridgehead atoms. The zero-order valence-corrected chi connectivity index (χ0v) is 22.5. The Kier molecular flexibility index (Phi) is 7.38. The molecule has 1 aromatic carbocycles. The summed E-state index contributed by atoms with van der Waals surface area (Å²) in [5, 5.41) is 28.1. The number of fused-ring (bicyclic) bond motifs is 1. The van der Waals surface area contributed by atoms with Crippen LogP contribution < -0.4 is 9.62 Å². The standard InChI is InChI=1S/C22H27F2N9O3S2/c1-13-11-31(6-7-32(13)21(34)30(2)3)16-8-14(38(35,36)29-22(12-25)4-5-22)9-17-15(16)10-28-33(17)20(27)37-19(26)18(23)24/h8-10,13,18,26-27,29H,4-7,11H2,1-3H3. The number of carbonyl (C=O) groups is 1. The maximum Gasteiger partial charge on any atom is 0.319 e. The lowest BCUT2D eigenvalue weighted by atomic mass is 10.1. The number of rotatable bonds is 5. The number of nitriles is 1. The van der Waals surface area contributed by atoms with Crippen molar-refractivity contribution in [3.8, 4) is 6.07 Å². The van der Waals surface area contributed by atoms with Crippen molar-refractivity contribution in [2.24, 2.45) is 0 Å². The summed E-state index contributed by atoms with van der Waals surface area (Å²) in [5.41, 5.74) is -0.527. The zero-order chi connectivity index (χ0) is 28.0. The van der Waals surface area contributed by atoms with Gasteiger partial charge in [0.15, 0.2) is 5.17 Å². The molecule has 16 heteroatoms. The van der Waals surface area contributed by atoms with Gasteiger partial charge in [-0.25, -0.2) is 26.7 Å². The minimum absolute atomic E-state index is 0.145. The molecule has 2 heterocycles. The predicted octanol–water partition coefficient (Wildman–Crippen LogP) is 2.32. The van der Waals surface area contributed by atoms with E-state index in [1.807, 2.05) is 17.9 Å². The molecule has 1 aromatic heterocycles. The number of nitrogens with zero attached hydrogens (tertiary/aromatic N) is 6. The van der Waals surface area contributed by atoms with Crippen molar-refractivity contribution < 1.29 is 22.0 Å². The average Bonchev–Trinajstić information content (AvgIpc) is 3.48. The Bertz CT molecular complexity index is 1450. The highest BCUT2D eigenvalue weighted by Crippen LogP contribution is 2.38. The molecular formula is C22H27F2N9O3S2. The number of alkyl halides is 2. The molecule has 1 saturated heterocycles. The second kappa shape index (κ2) is 10.1. The third-order valence-corrected chi connectivity index (χ3v) is 8.72. The van der Waals surface area contributed by atoms with E-state index in [4.69, 9.17) is 10.8 Å². The number of anilines is 1. The van der Waals surface area contributed by atoms with E-state index in [9.17, 15) is 27.3 Å². The summed E-state index contributed by atoms with van der Waals surface area (Å²) in [6, 6.07) is 4.36. The smallest absolute Gasteiger partial charge is 0.319 e. The third-order valence-electron chi connectivity index (χ3n) is 6.44. The van der Waals surface area contributed by atoms with Crippen LogP contribution in [-0.2, 0) is 10.0 Å². The minimum atomic E-state index is -4.18. The van der Waals surface area contributed by atoms with Crippen LogP contribution in [0, 0.1) is 22.1 Å². The van der Waals surface area contributed by atoms with Crippen LogP contribution in [0.25, 0.3) is 10.9 Å². The SMILES string of the molecule is CC1CN(c2cc(S(=O)(=O)NC3(C#N)CC3)cc3c2cnn3C(=N)SC(=N)C(F)F)CCN1C(=O)N(C)C. The first-order valence-corrected chi connectivity index (χ1v) is 13.9. The Morgan fingerprint density at radius 3 is 2.55 bits per heavy atom. The Hall–Kier alpha value is -3.29. The summed E-state index contributed by atoms with van der Waals surface area (Å²) in [6.45, 7) is 3.01. The molecule has 4 rings (SSSR count). The largest absolute Gasteiger partial charge is 0.367 e. The maximum atomic E-state index is 13.3. The van der Waals surface area contributed by atoms with Gasteiger partial charge in [0.05, 0.1) is 22.7 Å². The molecule has 2 aliphatic rings. The lowest BCUT2D eigenvalue weighted by Gasteiger charge is -2.42. The van der Waals surface area contributed by atoms with Crippen LogP contribution in [0.4, 0.5) is 19.3 Å². The van der Waals surface area contributed by atoms with Crippen LogP contribution in [0.3, 0.4) is 0 Å². The molecule has 0 radical (unpaired) electrons. The Balaban J connectivity index is 1.77. The van der Waals surface area contributed by atoms with Crippen LogP contribution in [0.2, 0.25) is 0 Å². The van der Waals surface area contributed by atoms with E-state index < -0.39 is 32.2 Å². The summed E-state index contributed by atoms with van der Waals surface area (Å²) in [6.07, 6.45) is -0.894. The van der Waals surface area contributed by atoms with Crippen LogP contribution in [0.1, 0.15) is 19.8 Å². The van der Waals surface area contributed by atoms with Gasteiger partial charge >= 0.3 is 6.03 Å². The number of benzene rings is 1. The fourth-order valence-electron chi connectivity index (χ4n) is 4.25. The number of thioether (sulfide) groups is 1. The number of nitrogens with one attached hydrogen (secondary N) is 3. The molecule has 1 atom stereocenters. The van der Waals surface area contributed by atoms with Gasteiger partial charge in [-0.2, -0.15) is 15.1 Å². The van der Waals surface area contributed by atoms with Gasteiger partial charge in [0.2, 0.25) is 10.0 Å². The number of piperazine rings is 1. The highest BCUT2D eigenvalue weighted by molar-refractivity contribution is 8.26. The zero-order valence-electron chi connectivity index (χ0n) is 20.9. The fourth-order valence-corrected chi connectivity index (χ4v) is 6.19. The van der Waals surface area contributed by atoms with E-state index in [0.29, 0.717) is 43.5 Å². The van der Waals surface area contributed by atoms with Crippen LogP contribution >= 0.6 is 11.8 Å². The van der Waals surface area contributed by atoms with E-state index >= 15 is 0 Å². The normalized spacial score (nSPS) is 18.9. The second-order valence-corrected chi connectivity index (χ2v) is 12.2. The van der Waals surface area contributed by atoms with Gasteiger partial charge in [0.1, 0.15) is 10.6 Å². The van der Waals surface area contributed by atoms with Gasteiger partial charge in [-0.15, -0.1) is 0 Å². The van der Waals surface area contributed by atoms with Gasteiger partial charge in [0, 0.05) is 50.8 Å². The molecule has 2 aromatic rings. The first kappa shape index (κ1) is 27.7. The molecule has 12 nitrogen and oxygen atoms in total. The summed E-state index contributed by atoms with van der Waals surface area (Å²) in [4.78, 5) is 17.5. The topological polar surface area (TPSA) is 162 Å². The first-order valence-electron chi connectivity index (χ1n) is 11.6. The third kappa shape index (κ3) is 5.31. The number of halogens is 2. The van der Waals surface area contributed by atoms with Crippen molar-refractivity contribution in [3.05, 3.63) is 18.3 Å². The van der Waals surface area contributed by atoms with Gasteiger partial charge in [0.25, 0.3) is 6.43 Å². The number of sulfonamides is 1. The van der Waals surface area contributed by atoms with Crippen molar-refractivity contribution in [3.63, 3.8) is 0 Å². The lowest BCUT2D eigenvalue weighted by Crippen LogP contribution is -2.56. The van der Waals surface area contributed by atoms with Crippen LogP contribution in [0.5, 0.6) is 0 Å². The number of hydrogen-bond acceptors (Lipinski definition) is 9. The van der Waals surface area contributed by atoms with Crippen molar-refractivity contribution in [2.75, 3.05) is 38.6 Å². The number of hydrogen-bond donors (Lipinski definition) is 3. The van der Waals surface area contributed by atoms with Gasteiger partial charge in [-0.3, -0.25) is 10.8 Å².